The van der Waals surface area contributed by atoms with Gasteiger partial charge >= 0.3 is 5.97 Å². The van der Waals surface area contributed by atoms with E-state index in [1.165, 1.54) is 6.08 Å². The minimum absolute atomic E-state index is 0.0550. The molecule has 1 aromatic rings. The number of carbonyl (C=O) groups excluding carboxylic acids is 2. The zero-order chi connectivity index (χ0) is 17.9. The minimum atomic E-state index is -1.39. The quantitative estimate of drug-likeness (QED) is 0.570. The molecular weight excluding hydrogens is 419 g/mol. The predicted molar refractivity (Wildman–Crippen MR) is 95.7 cm³/mol. The molecule has 0 bridgehead atoms. The summed E-state index contributed by atoms with van der Waals surface area (Å²) >= 11 is 14.8. The number of ether oxygens (including phenoxy) is 1. The maximum Gasteiger partial charge on any atom is 0.317 e. The van der Waals surface area contributed by atoms with Crippen LogP contribution in [-0.2, 0) is 19.9 Å². The van der Waals surface area contributed by atoms with Crippen molar-refractivity contribution in [2.24, 2.45) is 11.8 Å². The molecule has 0 heterocycles. The Morgan fingerprint density at radius 2 is 2.21 bits per heavy atom. The van der Waals surface area contributed by atoms with Crippen LogP contribution in [0.2, 0.25) is 0 Å². The normalized spacial score (nSPS) is 26.8. The lowest BCUT2D eigenvalue weighted by Crippen LogP contribution is -2.45. The molecule has 4 nitrogen and oxygen atoms in total. The molecule has 24 heavy (non-hydrogen) atoms. The standard InChI is InChI=1S/C17H17BrCl2O4/c1-2-24-16(22)15-10(6-14(19)20)8-17(23,9-13(15)21)11-4-3-5-12(18)7-11/h3-7,10,15,23H,2,8-9H2,1H3/t10-,15+,17+/m1/s1. The van der Waals surface area contributed by atoms with Crippen LogP contribution in [0, 0.1) is 11.8 Å². The minimum Gasteiger partial charge on any atom is -0.465 e. The summed E-state index contributed by atoms with van der Waals surface area (Å²) < 4.78 is 5.73. The largest absolute Gasteiger partial charge is 0.465 e. The van der Waals surface area contributed by atoms with Gasteiger partial charge in [0, 0.05) is 16.8 Å². The van der Waals surface area contributed by atoms with Crippen LogP contribution in [0.1, 0.15) is 25.3 Å². The van der Waals surface area contributed by atoms with Crippen LogP contribution in [-0.4, -0.2) is 23.5 Å². The fourth-order valence-electron chi connectivity index (χ4n) is 3.07. The van der Waals surface area contributed by atoms with E-state index in [2.05, 4.69) is 15.9 Å². The lowest BCUT2D eigenvalue weighted by atomic mass is 9.68. The number of carbonyl (C=O) groups is 2. The Labute approximate surface area is 158 Å². The van der Waals surface area contributed by atoms with Gasteiger partial charge in [0.1, 0.15) is 10.4 Å². The topological polar surface area (TPSA) is 63.6 Å². The van der Waals surface area contributed by atoms with Crippen molar-refractivity contribution in [3.63, 3.8) is 0 Å². The first-order valence-corrected chi connectivity index (χ1v) is 9.02. The number of allylic oxidation sites excluding steroid dienone is 1. The SMILES string of the molecule is CCOC(=O)[C@@H]1C(=O)C[C@](O)(c2cccc(Br)c2)C[C@H]1C=C(Cl)Cl. The molecule has 1 aliphatic carbocycles. The van der Waals surface area contributed by atoms with Crippen LogP contribution in [0.3, 0.4) is 0 Å². The zero-order valence-electron chi connectivity index (χ0n) is 13.0. The number of aliphatic hydroxyl groups is 1. The molecule has 1 fully saturated rings. The number of hydrogen-bond donors (Lipinski definition) is 1. The van der Waals surface area contributed by atoms with E-state index in [9.17, 15) is 14.7 Å². The second kappa shape index (κ2) is 8.00. The predicted octanol–water partition coefficient (Wildman–Crippen LogP) is 4.11. The number of halogens is 3. The van der Waals surface area contributed by atoms with Gasteiger partial charge in [0.15, 0.2) is 5.78 Å². The summed E-state index contributed by atoms with van der Waals surface area (Å²) in [5.41, 5.74) is -0.800. The molecule has 3 atom stereocenters. The van der Waals surface area contributed by atoms with Gasteiger partial charge < -0.3 is 9.84 Å². The average Bonchev–Trinajstić information content (AvgIpc) is 2.46. The van der Waals surface area contributed by atoms with Gasteiger partial charge in [0.2, 0.25) is 0 Å². The Balaban J connectivity index is 2.40. The van der Waals surface area contributed by atoms with Crippen LogP contribution in [0.15, 0.2) is 39.3 Å². The molecule has 1 saturated carbocycles. The van der Waals surface area contributed by atoms with Crippen molar-refractivity contribution >= 4 is 50.9 Å². The first-order valence-electron chi connectivity index (χ1n) is 7.47. The van der Waals surface area contributed by atoms with E-state index < -0.39 is 29.2 Å². The molecule has 130 valence electrons. The van der Waals surface area contributed by atoms with Crippen molar-refractivity contribution in [2.75, 3.05) is 6.61 Å². The third kappa shape index (κ3) is 4.39. The first kappa shape index (κ1) is 19.4. The van der Waals surface area contributed by atoms with Crippen molar-refractivity contribution < 1.29 is 19.4 Å². The lowest BCUT2D eigenvalue weighted by Gasteiger charge is -2.39. The number of Topliss-reactive ketones (excluding diaryl/α,β-unsaturated/α-hetero) is 1. The summed E-state index contributed by atoms with van der Waals surface area (Å²) in [7, 11) is 0. The molecule has 2 rings (SSSR count). The van der Waals surface area contributed by atoms with Crippen molar-refractivity contribution in [3.05, 3.63) is 44.9 Å². The molecule has 0 spiro atoms. The fraction of sp³-hybridized carbons (Fsp3) is 0.412. The lowest BCUT2D eigenvalue weighted by molar-refractivity contribution is -0.159. The third-order valence-corrected chi connectivity index (χ3v) is 4.80. The van der Waals surface area contributed by atoms with Crippen LogP contribution in [0.5, 0.6) is 0 Å². The molecule has 0 aromatic heterocycles. The van der Waals surface area contributed by atoms with E-state index in [1.807, 2.05) is 6.07 Å². The summed E-state index contributed by atoms with van der Waals surface area (Å²) in [5, 5.41) is 11.0. The smallest absolute Gasteiger partial charge is 0.317 e. The van der Waals surface area contributed by atoms with Gasteiger partial charge in [-0.25, -0.2) is 0 Å². The third-order valence-electron chi connectivity index (χ3n) is 4.06. The maximum absolute atomic E-state index is 12.6. The summed E-state index contributed by atoms with van der Waals surface area (Å²) in [6, 6.07) is 7.09. The van der Waals surface area contributed by atoms with Crippen molar-refractivity contribution in [1.82, 2.24) is 0 Å². The van der Waals surface area contributed by atoms with Crippen LogP contribution in [0.4, 0.5) is 0 Å². The van der Waals surface area contributed by atoms with Crippen molar-refractivity contribution in [1.29, 1.82) is 0 Å². The molecule has 7 heteroatoms. The molecule has 0 aliphatic heterocycles. The van der Waals surface area contributed by atoms with Gasteiger partial charge in [-0.15, -0.1) is 0 Å². The van der Waals surface area contributed by atoms with Gasteiger partial charge in [0.25, 0.3) is 0 Å². The molecule has 0 radical (unpaired) electrons. The number of ketones is 1. The van der Waals surface area contributed by atoms with Crippen LogP contribution in [0.25, 0.3) is 0 Å². The highest BCUT2D eigenvalue weighted by molar-refractivity contribution is 9.10. The highest BCUT2D eigenvalue weighted by atomic mass is 79.9. The van der Waals surface area contributed by atoms with Crippen LogP contribution >= 0.6 is 39.1 Å². The molecular formula is C17H17BrCl2O4. The average molecular weight is 436 g/mol. The van der Waals surface area contributed by atoms with E-state index in [0.717, 1.165) is 4.47 Å². The molecule has 1 aromatic carbocycles. The number of esters is 1. The monoisotopic (exact) mass is 434 g/mol. The number of hydrogen-bond acceptors (Lipinski definition) is 4. The van der Waals surface area contributed by atoms with Gasteiger partial charge in [-0.05, 0) is 37.1 Å². The van der Waals surface area contributed by atoms with Gasteiger partial charge in [-0.3, -0.25) is 9.59 Å². The fourth-order valence-corrected chi connectivity index (χ4v) is 3.79. The Kier molecular flexibility index (Phi) is 6.48. The van der Waals surface area contributed by atoms with Gasteiger partial charge in [-0.2, -0.15) is 0 Å². The molecule has 1 aliphatic rings. The second-order valence-corrected chi connectivity index (χ2v) is 7.66. The number of benzene rings is 1. The molecule has 0 saturated heterocycles. The van der Waals surface area contributed by atoms with E-state index in [0.29, 0.717) is 5.56 Å². The summed E-state index contributed by atoms with van der Waals surface area (Å²) in [6.45, 7) is 1.84. The number of rotatable bonds is 4. The Morgan fingerprint density at radius 1 is 1.50 bits per heavy atom. The first-order chi connectivity index (χ1) is 11.3. The molecule has 0 amide bonds. The van der Waals surface area contributed by atoms with E-state index >= 15 is 0 Å². The van der Waals surface area contributed by atoms with E-state index in [1.54, 1.807) is 25.1 Å². The Hall–Kier alpha value is -0.880. The zero-order valence-corrected chi connectivity index (χ0v) is 16.1. The van der Waals surface area contributed by atoms with Crippen molar-refractivity contribution in [3.8, 4) is 0 Å². The van der Waals surface area contributed by atoms with Crippen molar-refractivity contribution in [2.45, 2.75) is 25.4 Å². The Morgan fingerprint density at radius 3 is 2.79 bits per heavy atom. The van der Waals surface area contributed by atoms with Gasteiger partial charge in [-0.1, -0.05) is 51.3 Å². The van der Waals surface area contributed by atoms with Gasteiger partial charge in [0.05, 0.1) is 12.2 Å². The Bertz CT molecular complexity index is 672. The highest BCUT2D eigenvalue weighted by Crippen LogP contribution is 2.43. The molecule has 0 unspecified atom stereocenters. The highest BCUT2D eigenvalue weighted by Gasteiger charge is 2.48. The maximum atomic E-state index is 12.6. The summed E-state index contributed by atoms with van der Waals surface area (Å²) in [6.07, 6.45) is 1.39. The van der Waals surface area contributed by atoms with Crippen LogP contribution < -0.4 is 0 Å². The second-order valence-electron chi connectivity index (χ2n) is 5.74. The molecule has 1 N–H and O–H groups in total. The summed E-state index contributed by atoms with van der Waals surface area (Å²) in [4.78, 5) is 24.7. The van der Waals surface area contributed by atoms with E-state index in [-0.39, 0.29) is 23.9 Å². The van der Waals surface area contributed by atoms with E-state index in [4.69, 9.17) is 27.9 Å². The summed E-state index contributed by atoms with van der Waals surface area (Å²) in [5.74, 6) is -2.66.